The quantitative estimate of drug-likeness (QED) is 0.831. The zero-order chi connectivity index (χ0) is 13.0. The highest BCUT2D eigenvalue weighted by Gasteiger charge is 2.03. The van der Waals surface area contributed by atoms with Gasteiger partial charge in [-0.3, -0.25) is 0 Å². The minimum Gasteiger partial charge on any atom is -0.308 e. The van der Waals surface area contributed by atoms with E-state index < -0.39 is 0 Å². The van der Waals surface area contributed by atoms with Gasteiger partial charge in [-0.25, -0.2) is 4.79 Å². The molecule has 0 aromatic heterocycles. The third-order valence-electron chi connectivity index (χ3n) is 2.45. The summed E-state index contributed by atoms with van der Waals surface area (Å²) >= 11 is 5.92. The highest BCUT2D eigenvalue weighted by Crippen LogP contribution is 2.19. The molecule has 0 spiro atoms. The van der Waals surface area contributed by atoms with Crippen molar-refractivity contribution in [2.24, 2.45) is 0 Å². The van der Waals surface area contributed by atoms with Crippen LogP contribution in [-0.4, -0.2) is 6.03 Å². The molecule has 0 aliphatic rings. The number of halogens is 1. The van der Waals surface area contributed by atoms with Crippen molar-refractivity contribution in [3.8, 4) is 0 Å². The third-order valence-corrected chi connectivity index (χ3v) is 2.87. The summed E-state index contributed by atoms with van der Waals surface area (Å²) in [4.78, 5) is 11.7. The molecule has 2 aromatic carbocycles. The van der Waals surface area contributed by atoms with E-state index in [9.17, 15) is 4.79 Å². The summed E-state index contributed by atoms with van der Waals surface area (Å²) in [5, 5.41) is 6.18. The molecular weight excluding hydrogens is 248 g/mol. The van der Waals surface area contributed by atoms with Crippen LogP contribution in [0.4, 0.5) is 16.2 Å². The van der Waals surface area contributed by atoms with Gasteiger partial charge < -0.3 is 10.6 Å². The van der Waals surface area contributed by atoms with Crippen LogP contribution in [0.1, 0.15) is 5.56 Å². The van der Waals surface area contributed by atoms with Crippen molar-refractivity contribution in [2.45, 2.75) is 6.92 Å². The number of anilines is 2. The van der Waals surface area contributed by atoms with Gasteiger partial charge in [-0.1, -0.05) is 29.8 Å². The Labute approximate surface area is 111 Å². The van der Waals surface area contributed by atoms with Gasteiger partial charge in [0.25, 0.3) is 0 Å². The topological polar surface area (TPSA) is 41.1 Å². The van der Waals surface area contributed by atoms with Crippen molar-refractivity contribution in [1.82, 2.24) is 0 Å². The average Bonchev–Trinajstić information content (AvgIpc) is 2.35. The van der Waals surface area contributed by atoms with Crippen LogP contribution < -0.4 is 10.6 Å². The van der Waals surface area contributed by atoms with Crippen LogP contribution in [-0.2, 0) is 0 Å². The van der Waals surface area contributed by atoms with Gasteiger partial charge >= 0.3 is 6.03 Å². The molecule has 2 aromatic rings. The predicted octanol–water partition coefficient (Wildman–Crippen LogP) is 4.29. The van der Waals surface area contributed by atoms with E-state index in [0.29, 0.717) is 10.7 Å². The lowest BCUT2D eigenvalue weighted by atomic mass is 10.2. The monoisotopic (exact) mass is 260 g/mol. The summed E-state index contributed by atoms with van der Waals surface area (Å²) < 4.78 is 0. The van der Waals surface area contributed by atoms with Crippen LogP contribution in [0.25, 0.3) is 0 Å². The van der Waals surface area contributed by atoms with Crippen LogP contribution in [0.3, 0.4) is 0 Å². The summed E-state index contributed by atoms with van der Waals surface area (Å²) in [5.41, 5.74) is 2.39. The second-order valence-corrected chi connectivity index (χ2v) is 4.32. The van der Waals surface area contributed by atoms with E-state index in [1.807, 2.05) is 43.3 Å². The van der Waals surface area contributed by atoms with E-state index in [2.05, 4.69) is 10.6 Å². The number of nitrogens with one attached hydrogen (secondary N) is 2. The smallest absolute Gasteiger partial charge is 0.308 e. The number of hydrogen-bond acceptors (Lipinski definition) is 1. The van der Waals surface area contributed by atoms with Gasteiger partial charge in [0.2, 0.25) is 0 Å². The summed E-state index contributed by atoms with van der Waals surface area (Å²) in [7, 11) is 0. The van der Waals surface area contributed by atoms with Crippen LogP contribution in [0.5, 0.6) is 0 Å². The molecule has 0 aliphatic heterocycles. The van der Waals surface area contributed by atoms with Gasteiger partial charge in [0.05, 0.1) is 0 Å². The van der Waals surface area contributed by atoms with Crippen molar-refractivity contribution >= 4 is 29.0 Å². The first-order chi connectivity index (χ1) is 8.65. The van der Waals surface area contributed by atoms with Gasteiger partial charge in [0, 0.05) is 16.4 Å². The molecule has 0 heterocycles. The average molecular weight is 261 g/mol. The Kier molecular flexibility index (Phi) is 3.85. The van der Waals surface area contributed by atoms with E-state index in [0.717, 1.165) is 11.3 Å². The van der Waals surface area contributed by atoms with Gasteiger partial charge in [0.1, 0.15) is 0 Å². The van der Waals surface area contributed by atoms with Crippen LogP contribution in [0.2, 0.25) is 5.02 Å². The van der Waals surface area contributed by atoms with Crippen molar-refractivity contribution in [3.63, 3.8) is 0 Å². The molecule has 92 valence electrons. The Bertz CT molecular complexity index is 555. The maximum absolute atomic E-state index is 11.7. The molecule has 0 bridgehead atoms. The number of carbonyl (C=O) groups excluding carboxylic acids is 1. The predicted molar refractivity (Wildman–Crippen MR) is 75.3 cm³/mol. The first-order valence-corrected chi connectivity index (χ1v) is 5.92. The number of carbonyl (C=O) groups is 1. The second-order valence-electron chi connectivity index (χ2n) is 3.91. The molecular formula is C14H13ClN2O. The molecule has 0 atom stereocenters. The first kappa shape index (κ1) is 12.5. The van der Waals surface area contributed by atoms with Gasteiger partial charge in [-0.2, -0.15) is 0 Å². The highest BCUT2D eigenvalue weighted by atomic mass is 35.5. The van der Waals surface area contributed by atoms with Crippen LogP contribution >= 0.6 is 11.6 Å². The molecule has 0 saturated heterocycles. The number of hydrogen-bond donors (Lipinski definition) is 2. The number of urea groups is 1. The molecule has 0 unspecified atom stereocenters. The summed E-state index contributed by atoms with van der Waals surface area (Å²) in [6, 6.07) is 14.3. The third kappa shape index (κ3) is 3.25. The van der Waals surface area contributed by atoms with Gasteiger partial charge in [0.15, 0.2) is 0 Å². The molecule has 0 radical (unpaired) electrons. The maximum Gasteiger partial charge on any atom is 0.323 e. The Morgan fingerprint density at radius 3 is 2.33 bits per heavy atom. The summed E-state index contributed by atoms with van der Waals surface area (Å²) in [6.07, 6.45) is 0. The van der Waals surface area contributed by atoms with Crippen molar-refractivity contribution < 1.29 is 4.79 Å². The number of aryl methyl sites for hydroxylation is 1. The highest BCUT2D eigenvalue weighted by molar-refractivity contribution is 6.31. The fraction of sp³-hybridized carbons (Fsp3) is 0.0714. The minimum atomic E-state index is -0.275. The Morgan fingerprint density at radius 2 is 1.67 bits per heavy atom. The minimum absolute atomic E-state index is 0.275. The summed E-state index contributed by atoms with van der Waals surface area (Å²) in [5.74, 6) is 0. The molecule has 0 fully saturated rings. The van der Waals surface area contributed by atoms with Crippen molar-refractivity contribution in [3.05, 3.63) is 59.1 Å². The molecule has 4 heteroatoms. The maximum atomic E-state index is 11.7. The zero-order valence-corrected chi connectivity index (χ0v) is 10.7. The van der Waals surface area contributed by atoms with Crippen molar-refractivity contribution in [1.29, 1.82) is 0 Å². The molecule has 18 heavy (non-hydrogen) atoms. The lowest BCUT2D eigenvalue weighted by Crippen LogP contribution is -2.19. The molecule has 2 amide bonds. The summed E-state index contributed by atoms with van der Waals surface area (Å²) in [6.45, 7) is 1.89. The standard InChI is InChI=1S/C14H13ClN2O/c1-10-9-12(7-8-13(10)15)17-14(18)16-11-5-3-2-4-6-11/h2-9H,1H3,(H2,16,17,18). The Hall–Kier alpha value is -2.00. The van der Waals surface area contributed by atoms with Crippen LogP contribution in [0.15, 0.2) is 48.5 Å². The number of amides is 2. The second kappa shape index (κ2) is 5.56. The number of rotatable bonds is 2. The lowest BCUT2D eigenvalue weighted by molar-refractivity contribution is 0.262. The van der Waals surface area contributed by atoms with Gasteiger partial charge in [-0.15, -0.1) is 0 Å². The molecule has 3 nitrogen and oxygen atoms in total. The van der Waals surface area contributed by atoms with Crippen molar-refractivity contribution in [2.75, 3.05) is 10.6 Å². The van der Waals surface area contributed by atoms with E-state index in [1.165, 1.54) is 0 Å². The molecule has 2 rings (SSSR count). The largest absolute Gasteiger partial charge is 0.323 e. The first-order valence-electron chi connectivity index (χ1n) is 5.54. The Morgan fingerprint density at radius 1 is 1.00 bits per heavy atom. The number of para-hydroxylation sites is 1. The van der Waals surface area contributed by atoms with E-state index >= 15 is 0 Å². The normalized spacial score (nSPS) is 9.89. The SMILES string of the molecule is Cc1cc(NC(=O)Nc2ccccc2)ccc1Cl. The molecule has 0 aliphatic carbocycles. The molecule has 2 N–H and O–H groups in total. The fourth-order valence-electron chi connectivity index (χ4n) is 1.54. The molecule has 0 saturated carbocycles. The Balaban J connectivity index is 2.01. The van der Waals surface area contributed by atoms with E-state index in [-0.39, 0.29) is 6.03 Å². The van der Waals surface area contributed by atoms with Crippen LogP contribution in [0, 0.1) is 6.92 Å². The fourth-order valence-corrected chi connectivity index (χ4v) is 1.65. The zero-order valence-electron chi connectivity index (χ0n) is 9.91. The van der Waals surface area contributed by atoms with E-state index in [4.69, 9.17) is 11.6 Å². The van der Waals surface area contributed by atoms with E-state index in [1.54, 1.807) is 12.1 Å². The lowest BCUT2D eigenvalue weighted by Gasteiger charge is -2.08. The number of benzene rings is 2. The van der Waals surface area contributed by atoms with Gasteiger partial charge in [-0.05, 0) is 42.8 Å².